The van der Waals surface area contributed by atoms with E-state index < -0.39 is 24.3 Å². The monoisotopic (exact) mass is 969 g/mol. The van der Waals surface area contributed by atoms with Crippen LogP contribution in [0.1, 0.15) is 232 Å². The van der Waals surface area contributed by atoms with E-state index >= 15 is 0 Å². The van der Waals surface area contributed by atoms with Crippen molar-refractivity contribution in [3.05, 3.63) is 72.9 Å². The highest BCUT2D eigenvalue weighted by molar-refractivity contribution is 5.71. The molecule has 0 amide bonds. The molecule has 0 radical (unpaired) electrons. The molecule has 2 unspecified atom stereocenters. The molecule has 0 fully saturated rings. The average molecular weight is 970 g/mol. The van der Waals surface area contributed by atoms with Gasteiger partial charge in [-0.05, 0) is 77.0 Å². The number of carbonyl (C=O) groups excluding carboxylic acids is 2. The standard InChI is InChI=1S/C60H105NO8/c1-6-8-10-12-14-16-18-20-21-22-23-24-25-26-27-28-29-30-31-32-33-34-35-36-37-39-41-43-45-47-49-51-58(63)69-56(55-68-60(59(64)65)66-53-52-61(3,4)5)54-67-57(62)50-48-46-44-42-40-38-19-17-15-13-11-9-7-2/h8,10-11,13-14,16-17,19-21,23-24,56,60H,6-7,9,12,15,18,22,25-55H2,1-5H3/p+1/b10-8-,13-11-,16-14-,19-17-,21-20-,24-23-. The van der Waals surface area contributed by atoms with E-state index in [1.807, 2.05) is 21.1 Å². The minimum atomic E-state index is -1.51. The van der Waals surface area contributed by atoms with Gasteiger partial charge in [-0.25, -0.2) is 4.79 Å². The van der Waals surface area contributed by atoms with Gasteiger partial charge in [0.15, 0.2) is 6.10 Å². The Hall–Kier alpha value is -3.27. The second-order valence-corrected chi connectivity index (χ2v) is 19.9. The number of likely N-dealkylation sites (N-methyl/N-ethyl adjacent to an activating group) is 1. The number of carboxylic acid groups (broad SMARTS) is 1. The quantitative estimate of drug-likeness (QED) is 0.0211. The molecular weight excluding hydrogens is 863 g/mol. The first-order valence-electron chi connectivity index (χ1n) is 28.1. The van der Waals surface area contributed by atoms with E-state index in [-0.39, 0.29) is 38.6 Å². The van der Waals surface area contributed by atoms with Crippen molar-refractivity contribution < 1.29 is 42.9 Å². The predicted molar refractivity (Wildman–Crippen MR) is 290 cm³/mol. The largest absolute Gasteiger partial charge is 0.477 e. The van der Waals surface area contributed by atoms with E-state index in [4.69, 9.17) is 18.9 Å². The van der Waals surface area contributed by atoms with E-state index in [9.17, 15) is 19.5 Å². The maximum atomic E-state index is 12.8. The van der Waals surface area contributed by atoms with Gasteiger partial charge in [-0.1, -0.05) is 215 Å². The van der Waals surface area contributed by atoms with Crippen molar-refractivity contribution in [1.29, 1.82) is 0 Å². The van der Waals surface area contributed by atoms with Gasteiger partial charge in [0, 0.05) is 12.8 Å². The molecule has 0 saturated heterocycles. The molecule has 0 rings (SSSR count). The SMILES string of the molecule is CC/C=C\C/C=C\C/C=C\C/C=C\CCCCCCCCCCCCCCCCCCCCC(=O)OC(COC(=O)CCCCCCC/C=C\C/C=C\CCC)COC(OCC[N+](C)(C)C)C(=O)O. The summed E-state index contributed by atoms with van der Waals surface area (Å²) in [6.07, 6.45) is 62.8. The number of allylic oxidation sites excluding steroid dienone is 12. The number of carbonyl (C=O) groups is 3. The molecule has 9 heteroatoms. The Morgan fingerprint density at radius 3 is 1.23 bits per heavy atom. The lowest BCUT2D eigenvalue weighted by molar-refractivity contribution is -0.870. The molecule has 0 bridgehead atoms. The summed E-state index contributed by atoms with van der Waals surface area (Å²) >= 11 is 0. The fourth-order valence-electron chi connectivity index (χ4n) is 7.63. The van der Waals surface area contributed by atoms with Crippen LogP contribution in [0.3, 0.4) is 0 Å². The first-order valence-corrected chi connectivity index (χ1v) is 28.1. The van der Waals surface area contributed by atoms with Crippen LogP contribution in [0.4, 0.5) is 0 Å². The summed E-state index contributed by atoms with van der Waals surface area (Å²) in [5.74, 6) is -2.02. The summed E-state index contributed by atoms with van der Waals surface area (Å²) in [6.45, 7) is 4.69. The number of quaternary nitrogens is 1. The maximum absolute atomic E-state index is 12.8. The third-order valence-corrected chi connectivity index (χ3v) is 11.9. The molecule has 0 heterocycles. The summed E-state index contributed by atoms with van der Waals surface area (Å²) < 4.78 is 22.8. The maximum Gasteiger partial charge on any atom is 0.361 e. The number of ether oxygens (including phenoxy) is 4. The van der Waals surface area contributed by atoms with Crippen LogP contribution in [0.5, 0.6) is 0 Å². The number of nitrogens with zero attached hydrogens (tertiary/aromatic N) is 1. The van der Waals surface area contributed by atoms with Gasteiger partial charge in [0.1, 0.15) is 13.2 Å². The van der Waals surface area contributed by atoms with E-state index in [0.717, 1.165) is 96.3 Å². The van der Waals surface area contributed by atoms with E-state index in [1.54, 1.807) is 0 Å². The molecule has 0 spiro atoms. The lowest BCUT2D eigenvalue weighted by Crippen LogP contribution is -2.40. The average Bonchev–Trinajstić information content (AvgIpc) is 3.31. The predicted octanol–water partition coefficient (Wildman–Crippen LogP) is 16.2. The van der Waals surface area contributed by atoms with Crippen molar-refractivity contribution in [3.63, 3.8) is 0 Å². The first kappa shape index (κ1) is 65.7. The molecule has 2 atom stereocenters. The first-order chi connectivity index (χ1) is 33.6. The number of hydrogen-bond acceptors (Lipinski definition) is 7. The summed E-state index contributed by atoms with van der Waals surface area (Å²) in [5, 5.41) is 9.68. The van der Waals surface area contributed by atoms with Crippen LogP contribution in [0.15, 0.2) is 72.9 Å². The second-order valence-electron chi connectivity index (χ2n) is 19.9. The summed E-state index contributed by atoms with van der Waals surface area (Å²) in [7, 11) is 5.96. The normalized spacial score (nSPS) is 13.3. The minimum absolute atomic E-state index is 0.184. The van der Waals surface area contributed by atoms with Gasteiger partial charge in [0.25, 0.3) is 6.29 Å². The molecule has 0 aliphatic carbocycles. The van der Waals surface area contributed by atoms with Crippen molar-refractivity contribution in [2.24, 2.45) is 0 Å². The van der Waals surface area contributed by atoms with Crippen LogP contribution in [0, 0.1) is 0 Å². The molecule has 0 aliphatic heterocycles. The van der Waals surface area contributed by atoms with Crippen LogP contribution in [0.2, 0.25) is 0 Å². The van der Waals surface area contributed by atoms with E-state index in [1.165, 1.54) is 109 Å². The van der Waals surface area contributed by atoms with Crippen molar-refractivity contribution in [1.82, 2.24) is 0 Å². The molecule has 69 heavy (non-hydrogen) atoms. The second kappa shape index (κ2) is 51.1. The summed E-state index contributed by atoms with van der Waals surface area (Å²) in [4.78, 5) is 37.3. The Balaban J connectivity index is 4.13. The highest BCUT2D eigenvalue weighted by Crippen LogP contribution is 2.16. The zero-order valence-electron chi connectivity index (χ0n) is 45.2. The molecule has 398 valence electrons. The molecule has 1 N–H and O–H groups in total. The van der Waals surface area contributed by atoms with Gasteiger partial charge < -0.3 is 28.5 Å². The number of hydrogen-bond donors (Lipinski definition) is 1. The highest BCUT2D eigenvalue weighted by Gasteiger charge is 2.25. The number of unbranched alkanes of at least 4 members (excludes halogenated alkanes) is 24. The Kier molecular flexibility index (Phi) is 48.7. The van der Waals surface area contributed by atoms with E-state index in [0.29, 0.717) is 11.0 Å². The topological polar surface area (TPSA) is 108 Å². The van der Waals surface area contributed by atoms with Crippen molar-refractivity contribution in [3.8, 4) is 0 Å². The molecule has 0 aliphatic rings. The third-order valence-electron chi connectivity index (χ3n) is 11.9. The Morgan fingerprint density at radius 1 is 0.449 bits per heavy atom. The smallest absolute Gasteiger partial charge is 0.361 e. The van der Waals surface area contributed by atoms with Crippen LogP contribution in [-0.4, -0.2) is 87.4 Å². The molecule has 0 saturated carbocycles. The lowest BCUT2D eigenvalue weighted by Gasteiger charge is -2.25. The third kappa shape index (κ3) is 52.4. The fraction of sp³-hybridized carbons (Fsp3) is 0.750. The Morgan fingerprint density at radius 2 is 0.826 bits per heavy atom. The summed E-state index contributed by atoms with van der Waals surface area (Å²) in [6, 6.07) is 0. The number of esters is 2. The van der Waals surface area contributed by atoms with Gasteiger partial charge in [-0.3, -0.25) is 9.59 Å². The van der Waals surface area contributed by atoms with E-state index in [2.05, 4.69) is 86.8 Å². The summed E-state index contributed by atoms with van der Waals surface area (Å²) in [5.41, 5.74) is 0. The number of carboxylic acids is 1. The molecule has 0 aromatic heterocycles. The van der Waals surface area contributed by atoms with Gasteiger partial charge in [-0.15, -0.1) is 0 Å². The van der Waals surface area contributed by atoms with Crippen LogP contribution in [-0.2, 0) is 33.3 Å². The number of rotatable bonds is 51. The van der Waals surface area contributed by atoms with Gasteiger partial charge in [0.05, 0.1) is 34.4 Å². The lowest BCUT2D eigenvalue weighted by atomic mass is 10.0. The van der Waals surface area contributed by atoms with Crippen molar-refractivity contribution in [2.75, 3.05) is 47.5 Å². The highest BCUT2D eigenvalue weighted by atomic mass is 16.7. The molecular formula is C60H106NO8+. The Labute approximate surface area is 424 Å². The van der Waals surface area contributed by atoms with Gasteiger partial charge in [0.2, 0.25) is 0 Å². The fourth-order valence-corrected chi connectivity index (χ4v) is 7.63. The van der Waals surface area contributed by atoms with Crippen molar-refractivity contribution >= 4 is 17.9 Å². The van der Waals surface area contributed by atoms with Crippen LogP contribution < -0.4 is 0 Å². The molecule has 0 aromatic carbocycles. The molecule has 0 aromatic rings. The number of aliphatic carboxylic acids is 1. The van der Waals surface area contributed by atoms with Crippen LogP contribution >= 0.6 is 0 Å². The van der Waals surface area contributed by atoms with Gasteiger partial charge >= 0.3 is 17.9 Å². The van der Waals surface area contributed by atoms with Gasteiger partial charge in [-0.2, -0.15) is 0 Å². The Bertz CT molecular complexity index is 1360. The molecule has 9 nitrogen and oxygen atoms in total. The zero-order valence-corrected chi connectivity index (χ0v) is 45.2. The minimum Gasteiger partial charge on any atom is -0.477 e. The van der Waals surface area contributed by atoms with Crippen LogP contribution in [0.25, 0.3) is 0 Å². The zero-order chi connectivity index (χ0) is 50.6. The van der Waals surface area contributed by atoms with Crippen molar-refractivity contribution in [2.45, 2.75) is 245 Å².